The van der Waals surface area contributed by atoms with E-state index in [1.807, 2.05) is 0 Å². The third kappa shape index (κ3) is 3.33. The van der Waals surface area contributed by atoms with Gasteiger partial charge in [-0.2, -0.15) is 0 Å². The van der Waals surface area contributed by atoms with Gasteiger partial charge < -0.3 is 10.6 Å². The Labute approximate surface area is 105 Å². The minimum Gasteiger partial charge on any atom is -0.331 e. The first-order valence-corrected chi connectivity index (χ1v) is 8.58. The van der Waals surface area contributed by atoms with Crippen LogP contribution in [0.3, 0.4) is 0 Å². The molecule has 0 radical (unpaired) electrons. The first kappa shape index (κ1) is 13.1. The fourth-order valence-electron chi connectivity index (χ4n) is 1.71. The predicted molar refractivity (Wildman–Crippen MR) is 65.1 cm³/mol. The Morgan fingerprint density at radius 3 is 1.56 bits per heavy atom. The highest BCUT2D eigenvalue weighted by molar-refractivity contribution is 7.94. The zero-order chi connectivity index (χ0) is 13.4. The minimum absolute atomic E-state index is 0.167. The summed E-state index contributed by atoms with van der Waals surface area (Å²) in [5.41, 5.74) is 0. The van der Waals surface area contributed by atoms with Crippen LogP contribution in [0.25, 0.3) is 0 Å². The average molecular weight is 292 g/mol. The van der Waals surface area contributed by atoms with Crippen LogP contribution in [0.2, 0.25) is 0 Å². The average Bonchev–Trinajstić information content (AvgIpc) is 2.69. The van der Waals surface area contributed by atoms with Crippen molar-refractivity contribution in [2.45, 2.75) is 12.1 Å². The van der Waals surface area contributed by atoms with Crippen molar-refractivity contribution in [3.05, 3.63) is 23.0 Å². The van der Waals surface area contributed by atoms with E-state index in [2.05, 4.69) is 10.6 Å². The second-order valence-corrected chi connectivity index (χ2v) is 8.01. The van der Waals surface area contributed by atoms with Gasteiger partial charge in [0.25, 0.3) is 0 Å². The van der Waals surface area contributed by atoms with Gasteiger partial charge in [0.1, 0.15) is 0 Å². The number of carbonyl (C=O) groups excluding carboxylic acids is 1. The van der Waals surface area contributed by atoms with E-state index in [4.69, 9.17) is 0 Å². The van der Waals surface area contributed by atoms with Crippen molar-refractivity contribution >= 4 is 25.7 Å². The molecule has 0 saturated heterocycles. The van der Waals surface area contributed by atoms with Crippen molar-refractivity contribution in [3.8, 4) is 0 Å². The predicted octanol–water partition coefficient (Wildman–Crippen LogP) is -1.09. The summed E-state index contributed by atoms with van der Waals surface area (Å²) in [7, 11) is -6.44. The van der Waals surface area contributed by atoms with Crippen LogP contribution in [0.5, 0.6) is 0 Å². The molecule has 2 aliphatic heterocycles. The lowest BCUT2D eigenvalue weighted by Gasteiger charge is -2.14. The third-order valence-corrected chi connectivity index (χ3v) is 5.28. The monoisotopic (exact) mass is 292 g/mol. The smallest absolute Gasteiger partial charge is 0.315 e. The second-order valence-electron chi connectivity index (χ2n) is 4.15. The molecule has 0 aromatic heterocycles. The van der Waals surface area contributed by atoms with Crippen LogP contribution >= 0.6 is 0 Å². The molecule has 2 heterocycles. The van der Waals surface area contributed by atoms with Crippen LogP contribution in [0.1, 0.15) is 0 Å². The van der Waals surface area contributed by atoms with Gasteiger partial charge in [0.05, 0.1) is 23.6 Å². The Morgan fingerprint density at radius 2 is 1.28 bits per heavy atom. The summed E-state index contributed by atoms with van der Waals surface area (Å²) in [6.45, 7) is 0. The normalized spacial score (nSPS) is 31.3. The van der Waals surface area contributed by atoms with Crippen molar-refractivity contribution in [2.24, 2.45) is 0 Å². The zero-order valence-corrected chi connectivity index (χ0v) is 10.9. The van der Waals surface area contributed by atoms with Gasteiger partial charge in [0.2, 0.25) is 0 Å². The third-order valence-electron chi connectivity index (χ3n) is 2.49. The van der Waals surface area contributed by atoms with E-state index in [1.165, 1.54) is 12.2 Å². The molecule has 2 unspecified atom stereocenters. The fourth-order valence-corrected chi connectivity index (χ4v) is 4.18. The van der Waals surface area contributed by atoms with Gasteiger partial charge in [-0.05, 0) is 12.2 Å². The number of carbonyl (C=O) groups is 1. The first-order chi connectivity index (χ1) is 8.26. The molecule has 0 fully saturated rings. The lowest BCUT2D eigenvalue weighted by Crippen LogP contribution is -2.46. The van der Waals surface area contributed by atoms with Gasteiger partial charge >= 0.3 is 6.03 Å². The fraction of sp³-hybridized carbons (Fsp3) is 0.444. The summed E-state index contributed by atoms with van der Waals surface area (Å²) in [4.78, 5) is 11.5. The van der Waals surface area contributed by atoms with Gasteiger partial charge in [-0.1, -0.05) is 0 Å². The number of hydrogen-bond donors (Lipinski definition) is 2. The molecule has 7 nitrogen and oxygen atoms in total. The van der Waals surface area contributed by atoms with Crippen LogP contribution < -0.4 is 10.6 Å². The molecule has 0 spiro atoms. The molecule has 0 aliphatic carbocycles. The Hall–Kier alpha value is -1.35. The highest BCUT2D eigenvalue weighted by Gasteiger charge is 2.26. The molecule has 0 bridgehead atoms. The Kier molecular flexibility index (Phi) is 3.20. The second kappa shape index (κ2) is 4.39. The zero-order valence-electron chi connectivity index (χ0n) is 9.24. The molecule has 2 amide bonds. The summed E-state index contributed by atoms with van der Waals surface area (Å²) >= 11 is 0. The summed E-state index contributed by atoms with van der Waals surface area (Å²) in [6.07, 6.45) is 2.77. The van der Waals surface area contributed by atoms with Crippen molar-refractivity contribution in [3.63, 3.8) is 0 Å². The number of rotatable bonds is 2. The number of sulfone groups is 2. The van der Waals surface area contributed by atoms with Gasteiger partial charge in [0.15, 0.2) is 19.7 Å². The van der Waals surface area contributed by atoms with E-state index >= 15 is 0 Å². The van der Waals surface area contributed by atoms with Crippen molar-refractivity contribution in [1.29, 1.82) is 0 Å². The standard InChI is InChI=1S/C9H12N2O5S2/c12-9(10-7-1-3-17(13,14)5-7)11-8-2-4-18(15,16)6-8/h1-4,7-8H,5-6H2,(H2,10,11,12). The number of nitrogens with one attached hydrogen (secondary N) is 2. The van der Waals surface area contributed by atoms with E-state index in [1.54, 1.807) is 0 Å². The molecular formula is C9H12N2O5S2. The Bertz CT molecular complexity index is 563. The molecule has 0 saturated carbocycles. The van der Waals surface area contributed by atoms with Crippen LogP contribution in [0.4, 0.5) is 4.79 Å². The topological polar surface area (TPSA) is 109 Å². The lowest BCUT2D eigenvalue weighted by molar-refractivity contribution is 0.238. The number of hydrogen-bond acceptors (Lipinski definition) is 5. The van der Waals surface area contributed by atoms with Crippen LogP contribution in [-0.2, 0) is 19.7 Å². The van der Waals surface area contributed by atoms with Crippen LogP contribution in [0, 0.1) is 0 Å². The quantitative estimate of drug-likeness (QED) is 0.672. The van der Waals surface area contributed by atoms with E-state index in [0.29, 0.717) is 0 Å². The maximum Gasteiger partial charge on any atom is 0.315 e. The number of amides is 2. The van der Waals surface area contributed by atoms with Crippen molar-refractivity contribution in [1.82, 2.24) is 10.6 Å². The maximum absolute atomic E-state index is 11.5. The molecular weight excluding hydrogens is 280 g/mol. The highest BCUT2D eigenvalue weighted by Crippen LogP contribution is 2.09. The van der Waals surface area contributed by atoms with E-state index in [0.717, 1.165) is 10.8 Å². The molecule has 0 aromatic rings. The maximum atomic E-state index is 11.5. The van der Waals surface area contributed by atoms with E-state index in [-0.39, 0.29) is 11.5 Å². The Morgan fingerprint density at radius 1 is 0.889 bits per heavy atom. The molecule has 0 aromatic carbocycles. The van der Waals surface area contributed by atoms with Gasteiger partial charge in [-0.25, -0.2) is 21.6 Å². The van der Waals surface area contributed by atoms with E-state index < -0.39 is 37.8 Å². The van der Waals surface area contributed by atoms with Crippen LogP contribution in [0.15, 0.2) is 23.0 Å². The molecule has 2 rings (SSSR count). The molecule has 100 valence electrons. The summed E-state index contributed by atoms with van der Waals surface area (Å²) in [5, 5.41) is 6.99. The SMILES string of the molecule is O=C(NC1C=CS(=O)(=O)C1)NC1C=CS(=O)(=O)C1. The molecule has 9 heteroatoms. The van der Waals surface area contributed by atoms with Gasteiger partial charge in [-0.15, -0.1) is 0 Å². The lowest BCUT2D eigenvalue weighted by atomic mass is 10.3. The van der Waals surface area contributed by atoms with Crippen LogP contribution in [-0.4, -0.2) is 46.5 Å². The summed E-state index contributed by atoms with van der Waals surface area (Å²) in [5.74, 6) is -0.335. The van der Waals surface area contributed by atoms with Gasteiger partial charge in [0, 0.05) is 10.8 Å². The molecule has 2 N–H and O–H groups in total. The first-order valence-electron chi connectivity index (χ1n) is 5.15. The molecule has 18 heavy (non-hydrogen) atoms. The largest absolute Gasteiger partial charge is 0.331 e. The minimum atomic E-state index is -3.22. The number of urea groups is 1. The summed E-state index contributed by atoms with van der Waals surface area (Å²) in [6, 6.07) is -1.73. The molecule has 2 atom stereocenters. The van der Waals surface area contributed by atoms with Crippen molar-refractivity contribution < 1.29 is 21.6 Å². The highest BCUT2D eigenvalue weighted by atomic mass is 32.2. The van der Waals surface area contributed by atoms with Gasteiger partial charge in [-0.3, -0.25) is 0 Å². The van der Waals surface area contributed by atoms with E-state index in [9.17, 15) is 21.6 Å². The summed E-state index contributed by atoms with van der Waals surface area (Å²) < 4.78 is 44.4. The molecule has 2 aliphatic rings. The Balaban J connectivity index is 1.84. The van der Waals surface area contributed by atoms with Crippen molar-refractivity contribution in [2.75, 3.05) is 11.5 Å².